The van der Waals surface area contributed by atoms with E-state index in [-0.39, 0.29) is 0 Å². The minimum absolute atomic E-state index is 0.477. The van der Waals surface area contributed by atoms with E-state index in [0.717, 1.165) is 17.1 Å². The third kappa shape index (κ3) is 5.94. The zero-order chi connectivity index (χ0) is 43.6. The monoisotopic (exact) mass is 837 g/mol. The molecule has 1 aliphatic rings. The predicted molar refractivity (Wildman–Crippen MR) is 279 cm³/mol. The molecule has 1 aliphatic carbocycles. The van der Waals surface area contributed by atoms with Crippen molar-refractivity contribution in [1.82, 2.24) is 0 Å². The van der Waals surface area contributed by atoms with Crippen molar-refractivity contribution >= 4 is 60.2 Å². The lowest BCUT2D eigenvalue weighted by Crippen LogP contribution is -2.28. The lowest BCUT2D eigenvalue weighted by atomic mass is 9.68. The summed E-state index contributed by atoms with van der Waals surface area (Å²) in [6, 6.07) is 96.5. The first kappa shape index (κ1) is 38.0. The Kier molecular flexibility index (Phi) is 8.82. The predicted octanol–water partition coefficient (Wildman–Crippen LogP) is 17.5. The van der Waals surface area contributed by atoms with E-state index >= 15 is 0 Å². The van der Waals surface area contributed by atoms with Crippen LogP contribution in [0.4, 0.5) is 17.1 Å². The summed E-state index contributed by atoms with van der Waals surface area (Å²) in [6.07, 6.45) is 0. The molecule has 0 atom stereocenters. The first-order chi connectivity index (χ1) is 32.7. The molecular formula is C65H43N. The second kappa shape index (κ2) is 15.3. The summed E-state index contributed by atoms with van der Waals surface area (Å²) in [4.78, 5) is 2.46. The van der Waals surface area contributed by atoms with Crippen LogP contribution in [0.2, 0.25) is 0 Å². The molecule has 13 rings (SSSR count). The molecule has 0 spiro atoms. The van der Waals surface area contributed by atoms with Crippen LogP contribution in [0.1, 0.15) is 22.3 Å². The van der Waals surface area contributed by atoms with Crippen molar-refractivity contribution in [3.63, 3.8) is 0 Å². The van der Waals surface area contributed by atoms with Crippen LogP contribution >= 0.6 is 0 Å². The van der Waals surface area contributed by atoms with Gasteiger partial charge >= 0.3 is 0 Å². The fraction of sp³-hybridized carbons (Fsp3) is 0.0154. The lowest BCUT2D eigenvalue weighted by molar-refractivity contribution is 0.768. The van der Waals surface area contributed by atoms with Crippen LogP contribution in [0.25, 0.3) is 76.5 Å². The number of fused-ring (bicyclic) bond motifs is 9. The Morgan fingerprint density at radius 1 is 0.242 bits per heavy atom. The quantitative estimate of drug-likeness (QED) is 0.145. The van der Waals surface area contributed by atoms with E-state index < -0.39 is 5.41 Å². The normalized spacial score (nSPS) is 12.7. The average Bonchev–Trinajstić information content (AvgIpc) is 3.69. The molecule has 0 bridgehead atoms. The molecule has 1 nitrogen and oxygen atoms in total. The van der Waals surface area contributed by atoms with Gasteiger partial charge in [0.2, 0.25) is 0 Å². The molecule has 0 fully saturated rings. The van der Waals surface area contributed by atoms with E-state index in [4.69, 9.17) is 0 Å². The van der Waals surface area contributed by atoms with Gasteiger partial charge in [-0.15, -0.1) is 0 Å². The second-order valence-corrected chi connectivity index (χ2v) is 17.6. The van der Waals surface area contributed by atoms with Crippen molar-refractivity contribution in [1.29, 1.82) is 0 Å². The van der Waals surface area contributed by atoms with Crippen molar-refractivity contribution in [3.05, 3.63) is 283 Å². The van der Waals surface area contributed by atoms with E-state index in [1.54, 1.807) is 0 Å². The maximum atomic E-state index is 2.46. The minimum atomic E-state index is -0.477. The molecule has 0 N–H and O–H groups in total. The number of rotatable bonds is 7. The van der Waals surface area contributed by atoms with E-state index in [2.05, 4.69) is 266 Å². The third-order valence-electron chi connectivity index (χ3n) is 14.1. The van der Waals surface area contributed by atoms with Crippen LogP contribution < -0.4 is 4.90 Å². The van der Waals surface area contributed by atoms with E-state index in [0.29, 0.717) is 0 Å². The Labute approximate surface area is 385 Å². The number of benzene rings is 12. The average molecular weight is 838 g/mol. The molecule has 0 aliphatic heterocycles. The highest BCUT2D eigenvalue weighted by Crippen LogP contribution is 2.57. The van der Waals surface area contributed by atoms with Crippen LogP contribution in [0.5, 0.6) is 0 Å². The zero-order valence-corrected chi connectivity index (χ0v) is 36.3. The highest BCUT2D eigenvalue weighted by Gasteiger charge is 2.46. The maximum absolute atomic E-state index is 2.46. The molecule has 12 aromatic carbocycles. The van der Waals surface area contributed by atoms with Gasteiger partial charge in [0.15, 0.2) is 0 Å². The summed E-state index contributed by atoms with van der Waals surface area (Å²) in [5.74, 6) is 0. The summed E-state index contributed by atoms with van der Waals surface area (Å²) in [5, 5.41) is 10.1. The molecule has 66 heavy (non-hydrogen) atoms. The first-order valence-electron chi connectivity index (χ1n) is 22.9. The fourth-order valence-electron chi connectivity index (χ4n) is 11.1. The topological polar surface area (TPSA) is 3.24 Å². The Hall–Kier alpha value is -8.52. The van der Waals surface area contributed by atoms with E-state index in [1.165, 1.54) is 98.7 Å². The molecule has 0 heterocycles. The van der Waals surface area contributed by atoms with Gasteiger partial charge in [0, 0.05) is 17.1 Å². The van der Waals surface area contributed by atoms with Crippen LogP contribution in [0, 0.1) is 0 Å². The first-order valence-corrected chi connectivity index (χ1v) is 22.9. The Morgan fingerprint density at radius 3 is 1.50 bits per heavy atom. The number of hydrogen-bond donors (Lipinski definition) is 0. The molecule has 12 aromatic rings. The SMILES string of the molecule is c1ccc(C2(c3ccccc3)c3ccccc3-c3cc(N(c4cccc(-c5ccc6ccc7ccccc7c6c5)c4)c4cccc(-c5cc6ccccc6c6ccccc56)c4)ccc32)cc1. The Bertz CT molecular complexity index is 3790. The Morgan fingerprint density at radius 2 is 0.758 bits per heavy atom. The second-order valence-electron chi connectivity index (χ2n) is 17.6. The van der Waals surface area contributed by atoms with Crippen molar-refractivity contribution in [2.45, 2.75) is 5.41 Å². The van der Waals surface area contributed by atoms with Gasteiger partial charge in [0.25, 0.3) is 0 Å². The molecule has 0 amide bonds. The molecule has 308 valence electrons. The van der Waals surface area contributed by atoms with Crippen LogP contribution in [-0.4, -0.2) is 0 Å². The van der Waals surface area contributed by atoms with Gasteiger partial charge in [-0.05, 0) is 147 Å². The maximum Gasteiger partial charge on any atom is 0.0713 e. The molecule has 0 saturated heterocycles. The van der Waals surface area contributed by atoms with E-state index in [9.17, 15) is 0 Å². The minimum Gasteiger partial charge on any atom is -0.310 e. The van der Waals surface area contributed by atoms with Crippen molar-refractivity contribution < 1.29 is 0 Å². The van der Waals surface area contributed by atoms with Crippen molar-refractivity contribution in [2.75, 3.05) is 4.90 Å². The zero-order valence-electron chi connectivity index (χ0n) is 36.3. The molecule has 0 unspecified atom stereocenters. The highest BCUT2D eigenvalue weighted by molar-refractivity contribution is 6.14. The fourth-order valence-corrected chi connectivity index (χ4v) is 11.1. The largest absolute Gasteiger partial charge is 0.310 e. The van der Waals surface area contributed by atoms with Gasteiger partial charge < -0.3 is 4.90 Å². The van der Waals surface area contributed by atoms with Gasteiger partial charge in [0.05, 0.1) is 5.41 Å². The molecule has 1 heteroatoms. The van der Waals surface area contributed by atoms with Crippen LogP contribution in [-0.2, 0) is 5.41 Å². The van der Waals surface area contributed by atoms with E-state index in [1.807, 2.05) is 0 Å². The van der Waals surface area contributed by atoms with Gasteiger partial charge in [-0.2, -0.15) is 0 Å². The molecule has 0 aromatic heterocycles. The smallest absolute Gasteiger partial charge is 0.0713 e. The highest BCUT2D eigenvalue weighted by atomic mass is 15.1. The summed E-state index contributed by atoms with van der Waals surface area (Å²) in [5.41, 5.74) is 15.2. The third-order valence-corrected chi connectivity index (χ3v) is 14.1. The van der Waals surface area contributed by atoms with Crippen LogP contribution in [0.3, 0.4) is 0 Å². The summed E-state index contributed by atoms with van der Waals surface area (Å²) in [7, 11) is 0. The van der Waals surface area contributed by atoms with Gasteiger partial charge in [-0.1, -0.05) is 212 Å². The van der Waals surface area contributed by atoms with Gasteiger partial charge in [0.1, 0.15) is 0 Å². The molecular weight excluding hydrogens is 795 g/mol. The number of hydrogen-bond acceptors (Lipinski definition) is 1. The number of anilines is 3. The standard InChI is InChI=1S/C65H43N/c1-3-21-50(22-4-1)65(51-23-5-2-6-24-51)63-32-14-13-31-59(63)62-43-54(37-38-64(62)65)66(52-25-15-19-46(39-52)47-36-35-45-34-33-44-17-7-9-27-55(44)60(45)41-47)53-26-16-20-48(40-53)61-42-49-18-8-10-28-56(49)57-29-11-12-30-58(57)61/h1-43H. The lowest BCUT2D eigenvalue weighted by Gasteiger charge is -2.34. The summed E-state index contributed by atoms with van der Waals surface area (Å²) < 4.78 is 0. The summed E-state index contributed by atoms with van der Waals surface area (Å²) in [6.45, 7) is 0. The number of nitrogens with zero attached hydrogens (tertiary/aromatic N) is 1. The van der Waals surface area contributed by atoms with Crippen LogP contribution in [0.15, 0.2) is 261 Å². The van der Waals surface area contributed by atoms with Gasteiger partial charge in [-0.3, -0.25) is 0 Å². The molecule has 0 radical (unpaired) electrons. The van der Waals surface area contributed by atoms with Gasteiger partial charge in [-0.25, -0.2) is 0 Å². The van der Waals surface area contributed by atoms with Crippen molar-refractivity contribution in [2.24, 2.45) is 0 Å². The molecule has 0 saturated carbocycles. The van der Waals surface area contributed by atoms with Crippen molar-refractivity contribution in [3.8, 4) is 33.4 Å². The summed E-state index contributed by atoms with van der Waals surface area (Å²) >= 11 is 0. The Balaban J connectivity index is 1.03.